The summed E-state index contributed by atoms with van der Waals surface area (Å²) in [5.41, 5.74) is 0.226. The Hall–Kier alpha value is -2.55. The summed E-state index contributed by atoms with van der Waals surface area (Å²) in [6, 6.07) is 9.14. The highest BCUT2D eigenvalue weighted by molar-refractivity contribution is 7.12. The molecule has 0 radical (unpaired) electrons. The summed E-state index contributed by atoms with van der Waals surface area (Å²) >= 11 is 1.33. The molecule has 1 aromatic carbocycles. The minimum atomic E-state index is -4.79. The van der Waals surface area contributed by atoms with Crippen LogP contribution >= 0.6 is 11.3 Å². The summed E-state index contributed by atoms with van der Waals surface area (Å²) in [7, 11) is 0. The van der Waals surface area contributed by atoms with Crippen LogP contribution in [-0.4, -0.2) is 36.2 Å². The molecule has 0 spiro atoms. The molecule has 0 saturated carbocycles. The van der Waals surface area contributed by atoms with Crippen molar-refractivity contribution in [2.75, 3.05) is 13.1 Å². The zero-order valence-electron chi connectivity index (χ0n) is 13.5. The molecule has 5 nitrogen and oxygen atoms in total. The number of amides is 2. The van der Waals surface area contributed by atoms with E-state index in [2.05, 4.69) is 10.1 Å². The Kier molecular flexibility index (Phi) is 5.17. The molecule has 1 saturated heterocycles. The number of thiophene rings is 1. The van der Waals surface area contributed by atoms with E-state index in [9.17, 15) is 22.8 Å². The zero-order valence-corrected chi connectivity index (χ0v) is 14.3. The lowest BCUT2D eigenvalue weighted by Crippen LogP contribution is -2.55. The summed E-state index contributed by atoms with van der Waals surface area (Å²) in [5.74, 6) is -1.13. The largest absolute Gasteiger partial charge is 0.573 e. The van der Waals surface area contributed by atoms with E-state index in [-0.39, 0.29) is 35.6 Å². The van der Waals surface area contributed by atoms with Crippen molar-refractivity contribution >= 4 is 23.2 Å². The smallest absolute Gasteiger partial charge is 0.405 e. The lowest BCUT2D eigenvalue weighted by Gasteiger charge is -2.37. The molecule has 1 N–H and O–H groups in total. The Morgan fingerprint density at radius 2 is 1.92 bits per heavy atom. The minimum Gasteiger partial charge on any atom is -0.405 e. The standard InChI is InChI=1S/C17H15F3N2O3S/c18-17(19,20)25-13-5-2-1-4-11(13)8-21-15(23)12-9-22(10-12)16(24)14-6-3-7-26-14/h1-7,12H,8-10H2,(H,21,23). The number of nitrogens with one attached hydrogen (secondary N) is 1. The Morgan fingerprint density at radius 1 is 1.19 bits per heavy atom. The fraction of sp³-hybridized carbons (Fsp3) is 0.294. The number of alkyl halides is 3. The highest BCUT2D eigenvalue weighted by atomic mass is 32.1. The van der Waals surface area contributed by atoms with Crippen LogP contribution in [0.5, 0.6) is 5.75 Å². The number of benzene rings is 1. The van der Waals surface area contributed by atoms with Gasteiger partial charge in [0.25, 0.3) is 5.91 Å². The molecule has 0 unspecified atom stereocenters. The SMILES string of the molecule is O=C(NCc1ccccc1OC(F)(F)F)C1CN(C(=O)c2cccs2)C1. The molecule has 138 valence electrons. The van der Waals surface area contributed by atoms with E-state index in [1.54, 1.807) is 28.5 Å². The van der Waals surface area contributed by atoms with Gasteiger partial charge in [-0.05, 0) is 17.5 Å². The van der Waals surface area contributed by atoms with Gasteiger partial charge >= 0.3 is 6.36 Å². The van der Waals surface area contributed by atoms with Crippen LogP contribution in [0.4, 0.5) is 13.2 Å². The number of carbonyl (C=O) groups is 2. The summed E-state index contributed by atoms with van der Waals surface area (Å²) in [6.07, 6.45) is -4.79. The molecule has 0 aliphatic carbocycles. The van der Waals surface area contributed by atoms with Gasteiger partial charge in [0.2, 0.25) is 5.91 Å². The van der Waals surface area contributed by atoms with Crippen molar-refractivity contribution in [3.63, 3.8) is 0 Å². The molecule has 2 aromatic rings. The molecule has 1 aromatic heterocycles. The summed E-state index contributed by atoms with van der Waals surface area (Å²) in [5, 5.41) is 4.40. The third kappa shape index (κ3) is 4.34. The van der Waals surface area contributed by atoms with Gasteiger partial charge < -0.3 is 15.0 Å². The molecule has 0 atom stereocenters. The van der Waals surface area contributed by atoms with Gasteiger partial charge in [0.05, 0.1) is 10.8 Å². The van der Waals surface area contributed by atoms with Crippen molar-refractivity contribution < 1.29 is 27.5 Å². The van der Waals surface area contributed by atoms with Crippen LogP contribution in [0.15, 0.2) is 41.8 Å². The molecule has 1 fully saturated rings. The second-order valence-corrected chi connectivity index (χ2v) is 6.71. The predicted molar refractivity (Wildman–Crippen MR) is 88.7 cm³/mol. The minimum absolute atomic E-state index is 0.0829. The van der Waals surface area contributed by atoms with Crippen LogP contribution in [0.25, 0.3) is 0 Å². The maximum atomic E-state index is 12.4. The molecular weight excluding hydrogens is 369 g/mol. The molecule has 1 aliphatic heterocycles. The number of carbonyl (C=O) groups excluding carboxylic acids is 2. The molecule has 26 heavy (non-hydrogen) atoms. The van der Waals surface area contributed by atoms with E-state index in [0.717, 1.165) is 0 Å². The summed E-state index contributed by atoms with van der Waals surface area (Å²) in [4.78, 5) is 26.4. The molecule has 1 aliphatic rings. The van der Waals surface area contributed by atoms with Crippen molar-refractivity contribution in [1.82, 2.24) is 10.2 Å². The number of halogens is 3. The van der Waals surface area contributed by atoms with E-state index in [1.807, 2.05) is 0 Å². The number of hydrogen-bond acceptors (Lipinski definition) is 4. The third-order valence-electron chi connectivity index (χ3n) is 3.92. The van der Waals surface area contributed by atoms with Gasteiger partial charge in [-0.15, -0.1) is 24.5 Å². The molecule has 2 heterocycles. The van der Waals surface area contributed by atoms with Gasteiger partial charge in [-0.3, -0.25) is 9.59 Å². The van der Waals surface area contributed by atoms with Crippen LogP contribution < -0.4 is 10.1 Å². The number of rotatable bonds is 5. The van der Waals surface area contributed by atoms with Crippen molar-refractivity contribution in [2.24, 2.45) is 5.92 Å². The number of ether oxygens (including phenoxy) is 1. The van der Waals surface area contributed by atoms with E-state index in [1.165, 1.54) is 29.5 Å². The van der Waals surface area contributed by atoms with E-state index in [0.29, 0.717) is 18.0 Å². The van der Waals surface area contributed by atoms with Crippen molar-refractivity contribution in [3.05, 3.63) is 52.2 Å². The number of hydrogen-bond donors (Lipinski definition) is 1. The highest BCUT2D eigenvalue weighted by Gasteiger charge is 2.36. The monoisotopic (exact) mass is 384 g/mol. The highest BCUT2D eigenvalue weighted by Crippen LogP contribution is 2.26. The third-order valence-corrected chi connectivity index (χ3v) is 4.78. The topological polar surface area (TPSA) is 58.6 Å². The maximum Gasteiger partial charge on any atom is 0.573 e. The van der Waals surface area contributed by atoms with Gasteiger partial charge in [0.15, 0.2) is 0 Å². The van der Waals surface area contributed by atoms with Gasteiger partial charge in [-0.2, -0.15) is 0 Å². The Morgan fingerprint density at radius 3 is 2.58 bits per heavy atom. The molecule has 0 bridgehead atoms. The first-order chi connectivity index (χ1) is 12.3. The normalized spacial score (nSPS) is 14.7. The lowest BCUT2D eigenvalue weighted by atomic mass is 9.98. The van der Waals surface area contributed by atoms with Crippen LogP contribution in [0.1, 0.15) is 15.2 Å². The Labute approximate surface area is 151 Å². The van der Waals surface area contributed by atoms with Crippen LogP contribution in [0.3, 0.4) is 0 Å². The molecule has 9 heteroatoms. The molecule has 3 rings (SSSR count). The lowest BCUT2D eigenvalue weighted by molar-refractivity contribution is -0.274. The number of nitrogens with zero attached hydrogens (tertiary/aromatic N) is 1. The first-order valence-electron chi connectivity index (χ1n) is 7.77. The van der Waals surface area contributed by atoms with E-state index in [4.69, 9.17) is 0 Å². The first kappa shape index (κ1) is 18.2. The predicted octanol–water partition coefficient (Wildman–Crippen LogP) is 3.04. The Bertz CT molecular complexity index is 787. The zero-order chi connectivity index (χ0) is 18.7. The summed E-state index contributed by atoms with van der Waals surface area (Å²) < 4.78 is 41.2. The van der Waals surface area contributed by atoms with Crippen LogP contribution in [0, 0.1) is 5.92 Å². The van der Waals surface area contributed by atoms with Crippen molar-refractivity contribution in [1.29, 1.82) is 0 Å². The fourth-order valence-corrected chi connectivity index (χ4v) is 3.26. The molecule has 2 amide bonds. The molecular formula is C17H15F3N2O3S. The average molecular weight is 384 g/mol. The maximum absolute atomic E-state index is 12.4. The second kappa shape index (κ2) is 7.36. The average Bonchev–Trinajstić information content (AvgIpc) is 3.05. The fourth-order valence-electron chi connectivity index (χ4n) is 2.57. The number of para-hydroxylation sites is 1. The quantitative estimate of drug-likeness (QED) is 0.862. The number of likely N-dealkylation sites (tertiary alicyclic amines) is 1. The van der Waals surface area contributed by atoms with Gasteiger partial charge in [0, 0.05) is 25.2 Å². The van der Waals surface area contributed by atoms with Crippen LogP contribution in [0.2, 0.25) is 0 Å². The Balaban J connectivity index is 1.51. The van der Waals surface area contributed by atoms with Crippen LogP contribution in [-0.2, 0) is 11.3 Å². The summed E-state index contributed by atoms with van der Waals surface area (Å²) in [6.45, 7) is 0.507. The first-order valence-corrected chi connectivity index (χ1v) is 8.65. The van der Waals surface area contributed by atoms with Crippen molar-refractivity contribution in [3.8, 4) is 5.75 Å². The second-order valence-electron chi connectivity index (χ2n) is 5.76. The van der Waals surface area contributed by atoms with Gasteiger partial charge in [-0.25, -0.2) is 0 Å². The van der Waals surface area contributed by atoms with E-state index < -0.39 is 6.36 Å². The van der Waals surface area contributed by atoms with Gasteiger partial charge in [-0.1, -0.05) is 24.3 Å². The van der Waals surface area contributed by atoms with Crippen molar-refractivity contribution in [2.45, 2.75) is 12.9 Å². The van der Waals surface area contributed by atoms with Gasteiger partial charge in [0.1, 0.15) is 5.75 Å². The van der Waals surface area contributed by atoms with E-state index >= 15 is 0 Å².